The van der Waals surface area contributed by atoms with Gasteiger partial charge in [-0.2, -0.15) is 9.78 Å². The molecule has 3 aromatic rings. The molecule has 0 saturated heterocycles. The molecule has 0 saturated carbocycles. The summed E-state index contributed by atoms with van der Waals surface area (Å²) in [6.07, 6.45) is 0. The molecule has 0 amide bonds. The maximum Gasteiger partial charge on any atom is 0.337 e. The van der Waals surface area contributed by atoms with Gasteiger partial charge in [0.1, 0.15) is 4.64 Å². The van der Waals surface area contributed by atoms with E-state index in [-0.39, 0.29) is 10.3 Å². The summed E-state index contributed by atoms with van der Waals surface area (Å²) in [4.78, 5) is 37.6. The van der Waals surface area contributed by atoms with Crippen LogP contribution >= 0.6 is 23.8 Å². The Balaban J connectivity index is 2.48. The molecule has 0 spiro atoms. The summed E-state index contributed by atoms with van der Waals surface area (Å²) in [6.45, 7) is 1.27. The molecule has 0 unspecified atom stereocenters. The van der Waals surface area contributed by atoms with Crippen LogP contribution in [-0.2, 0) is 0 Å². The average Bonchev–Trinajstić information content (AvgIpc) is 2.72. The molecule has 2 aromatic carbocycles. The zero-order valence-electron chi connectivity index (χ0n) is 13.5. The first kappa shape index (κ1) is 17.9. The molecular weight excluding hydrogens is 374 g/mol. The molecule has 0 fully saturated rings. The second-order valence-corrected chi connectivity index (χ2v) is 6.20. The Hall–Kier alpha value is -2.90. The van der Waals surface area contributed by atoms with Gasteiger partial charge >= 0.3 is 11.1 Å². The van der Waals surface area contributed by atoms with Crippen LogP contribution in [0.1, 0.15) is 17.4 Å². The molecule has 0 radical (unpaired) electrons. The zero-order valence-corrected chi connectivity index (χ0v) is 15.1. The third-order valence-corrected chi connectivity index (χ3v) is 4.23. The van der Waals surface area contributed by atoms with Gasteiger partial charge in [-0.15, -0.1) is 0 Å². The Kier molecular flexibility index (Phi) is 4.92. The number of hydrogen-bond donors (Lipinski definition) is 0. The molecule has 0 aliphatic heterocycles. The van der Waals surface area contributed by atoms with E-state index in [1.165, 1.54) is 19.1 Å². The zero-order chi connectivity index (χ0) is 18.8. The standard InChI is InChI=1S/C18H12ClN3O3S/c1-11(23)15-18(26)21(13-5-3-2-4-6-13)16(24)17(25)22(20-15)14-9-7-12(19)8-10-14/h2-10H,1H3. The third kappa shape index (κ3) is 3.26. The fraction of sp³-hybridized carbons (Fsp3) is 0.0556. The minimum atomic E-state index is -0.935. The monoisotopic (exact) mass is 385 g/mol. The minimum Gasteiger partial charge on any atom is -0.293 e. The summed E-state index contributed by atoms with van der Waals surface area (Å²) >= 11 is 11.2. The predicted octanol–water partition coefficient (Wildman–Crippen LogP) is 2.97. The fourth-order valence-corrected chi connectivity index (χ4v) is 2.86. The lowest BCUT2D eigenvalue weighted by atomic mass is 10.3. The highest BCUT2D eigenvalue weighted by atomic mass is 35.5. The molecule has 0 aliphatic rings. The highest BCUT2D eigenvalue weighted by Crippen LogP contribution is 2.12. The molecule has 130 valence electrons. The van der Waals surface area contributed by atoms with Crippen LogP contribution in [0.5, 0.6) is 0 Å². The van der Waals surface area contributed by atoms with Crippen LogP contribution in [0.3, 0.4) is 0 Å². The maximum absolute atomic E-state index is 12.8. The van der Waals surface area contributed by atoms with Crippen molar-refractivity contribution in [2.45, 2.75) is 6.92 Å². The Bertz CT molecular complexity index is 1170. The number of ketones is 1. The van der Waals surface area contributed by atoms with E-state index in [0.717, 1.165) is 9.25 Å². The Morgan fingerprint density at radius 2 is 1.58 bits per heavy atom. The third-order valence-electron chi connectivity index (χ3n) is 3.60. The molecule has 0 bridgehead atoms. The first-order valence-electron chi connectivity index (χ1n) is 7.53. The molecule has 0 atom stereocenters. The lowest BCUT2D eigenvalue weighted by Gasteiger charge is -2.02. The normalized spacial score (nSPS) is 10.5. The van der Waals surface area contributed by atoms with Crippen molar-refractivity contribution in [3.63, 3.8) is 0 Å². The van der Waals surface area contributed by atoms with E-state index >= 15 is 0 Å². The van der Waals surface area contributed by atoms with Crippen LogP contribution in [0, 0.1) is 4.64 Å². The highest BCUT2D eigenvalue weighted by Gasteiger charge is 2.16. The Labute approximate surface area is 157 Å². The largest absolute Gasteiger partial charge is 0.337 e. The van der Waals surface area contributed by atoms with Crippen LogP contribution in [0.2, 0.25) is 5.02 Å². The van der Waals surface area contributed by atoms with Gasteiger partial charge in [-0.05, 0) is 36.4 Å². The van der Waals surface area contributed by atoms with Crippen LogP contribution in [-0.4, -0.2) is 20.1 Å². The van der Waals surface area contributed by atoms with Crippen molar-refractivity contribution in [3.05, 3.63) is 90.7 Å². The fourth-order valence-electron chi connectivity index (χ4n) is 2.36. The van der Waals surface area contributed by atoms with Crippen LogP contribution in [0.15, 0.2) is 64.2 Å². The number of carbonyl (C=O) groups excluding carboxylic acids is 1. The number of para-hydroxylation sites is 1. The quantitative estimate of drug-likeness (QED) is 0.393. The Morgan fingerprint density at radius 1 is 0.962 bits per heavy atom. The number of nitrogens with zero attached hydrogens (tertiary/aromatic N) is 3. The van der Waals surface area contributed by atoms with Gasteiger partial charge in [0.2, 0.25) is 0 Å². The van der Waals surface area contributed by atoms with Crippen molar-refractivity contribution < 1.29 is 4.79 Å². The van der Waals surface area contributed by atoms with Crippen molar-refractivity contribution in [1.82, 2.24) is 14.3 Å². The summed E-state index contributed by atoms with van der Waals surface area (Å²) in [6, 6.07) is 14.5. The van der Waals surface area contributed by atoms with E-state index in [4.69, 9.17) is 23.8 Å². The lowest BCUT2D eigenvalue weighted by molar-refractivity contribution is 0.101. The van der Waals surface area contributed by atoms with Crippen LogP contribution in [0.25, 0.3) is 11.4 Å². The molecule has 1 heterocycles. The van der Waals surface area contributed by atoms with Gasteiger partial charge in [0.25, 0.3) is 0 Å². The van der Waals surface area contributed by atoms with Gasteiger partial charge in [-0.25, -0.2) is 0 Å². The number of carbonyl (C=O) groups is 1. The number of halogens is 1. The summed E-state index contributed by atoms with van der Waals surface area (Å²) in [7, 11) is 0. The summed E-state index contributed by atoms with van der Waals surface area (Å²) in [5.74, 6) is -0.461. The van der Waals surface area contributed by atoms with Gasteiger partial charge in [0.15, 0.2) is 11.5 Å². The second-order valence-electron chi connectivity index (χ2n) is 5.38. The van der Waals surface area contributed by atoms with E-state index in [1.54, 1.807) is 42.5 Å². The molecule has 6 nitrogen and oxygen atoms in total. The van der Waals surface area contributed by atoms with Gasteiger partial charge in [-0.3, -0.25) is 19.0 Å². The molecular formula is C18H12ClN3O3S. The van der Waals surface area contributed by atoms with E-state index < -0.39 is 16.9 Å². The Morgan fingerprint density at radius 3 is 2.15 bits per heavy atom. The van der Waals surface area contributed by atoms with Crippen molar-refractivity contribution in [3.8, 4) is 11.4 Å². The molecule has 0 N–H and O–H groups in total. The molecule has 3 rings (SSSR count). The van der Waals surface area contributed by atoms with Crippen LogP contribution in [0.4, 0.5) is 0 Å². The first-order chi connectivity index (χ1) is 12.4. The number of aromatic nitrogens is 3. The smallest absolute Gasteiger partial charge is 0.293 e. The number of hydrogen-bond acceptors (Lipinski definition) is 5. The summed E-state index contributed by atoms with van der Waals surface area (Å²) in [5, 5.41) is 4.53. The van der Waals surface area contributed by atoms with Gasteiger partial charge < -0.3 is 0 Å². The topological polar surface area (TPSA) is 74.0 Å². The first-order valence-corrected chi connectivity index (χ1v) is 8.32. The van der Waals surface area contributed by atoms with Gasteiger partial charge in [-0.1, -0.05) is 42.0 Å². The van der Waals surface area contributed by atoms with Crippen molar-refractivity contribution >= 4 is 29.6 Å². The molecule has 1 aromatic heterocycles. The summed E-state index contributed by atoms with van der Waals surface area (Å²) in [5.41, 5.74) is -1.32. The van der Waals surface area contributed by atoms with Crippen LogP contribution < -0.4 is 11.1 Å². The maximum atomic E-state index is 12.8. The highest BCUT2D eigenvalue weighted by molar-refractivity contribution is 7.71. The van der Waals surface area contributed by atoms with Gasteiger partial charge in [0, 0.05) is 11.9 Å². The second kappa shape index (κ2) is 7.15. The summed E-state index contributed by atoms with van der Waals surface area (Å²) < 4.78 is 1.76. The number of rotatable bonds is 3. The number of benzene rings is 2. The molecule has 0 aliphatic carbocycles. The van der Waals surface area contributed by atoms with Crippen molar-refractivity contribution in [2.75, 3.05) is 0 Å². The van der Waals surface area contributed by atoms with E-state index in [1.807, 2.05) is 0 Å². The van der Waals surface area contributed by atoms with E-state index in [0.29, 0.717) is 16.4 Å². The average molecular weight is 386 g/mol. The SMILES string of the molecule is CC(=O)c1nn(-c2ccc(Cl)cc2)c(=O)c(=O)n(-c2ccccc2)c1=S. The lowest BCUT2D eigenvalue weighted by Crippen LogP contribution is -2.37. The van der Waals surface area contributed by atoms with Crippen molar-refractivity contribution in [2.24, 2.45) is 0 Å². The minimum absolute atomic E-state index is 0.126. The van der Waals surface area contributed by atoms with E-state index in [2.05, 4.69) is 5.10 Å². The molecule has 26 heavy (non-hydrogen) atoms. The number of Topliss-reactive ketones (excluding diaryl/α,β-unsaturated/α-hetero) is 1. The molecule has 8 heteroatoms. The predicted molar refractivity (Wildman–Crippen MR) is 101 cm³/mol. The van der Waals surface area contributed by atoms with Crippen molar-refractivity contribution in [1.29, 1.82) is 0 Å². The van der Waals surface area contributed by atoms with Gasteiger partial charge in [0.05, 0.1) is 11.4 Å². The van der Waals surface area contributed by atoms with E-state index in [9.17, 15) is 14.4 Å².